The van der Waals surface area contributed by atoms with Gasteiger partial charge in [0.05, 0.1) is 6.16 Å². The van der Waals surface area contributed by atoms with Crippen LogP contribution in [0, 0.1) is 0 Å². The van der Waals surface area contributed by atoms with Crippen LogP contribution in [0.25, 0.3) is 0 Å². The molecule has 0 aliphatic carbocycles. The Hall–Kier alpha value is -0.580. The average molecular weight is 253 g/mol. The van der Waals surface area contributed by atoms with E-state index < -0.39 is 19.3 Å². The number of alkyl carbamates (subject to hydrolysis) is 1. The number of carbonyl (C=O) groups is 1. The van der Waals surface area contributed by atoms with Crippen LogP contribution in [-0.2, 0) is 13.8 Å². The summed E-state index contributed by atoms with van der Waals surface area (Å²) in [5, 5.41) is 2.49. The van der Waals surface area contributed by atoms with Gasteiger partial charge >= 0.3 is 13.7 Å². The predicted octanol–water partition coefficient (Wildman–Crippen LogP) is 1.73. The molecule has 0 rings (SSSR count). The topological polar surface area (TPSA) is 84.9 Å². The quantitative estimate of drug-likeness (QED) is 0.575. The molecule has 0 bridgehead atoms. The van der Waals surface area contributed by atoms with Crippen molar-refractivity contribution >= 4 is 13.7 Å². The third-order valence-corrected chi connectivity index (χ3v) is 3.02. The Bertz CT molecular complexity index is 274. The smallest absolute Gasteiger partial charge is 0.407 e. The molecule has 1 unspecified atom stereocenters. The van der Waals surface area contributed by atoms with Gasteiger partial charge in [-0.3, -0.25) is 4.57 Å². The molecule has 0 fully saturated rings. The van der Waals surface area contributed by atoms with Gasteiger partial charge in [-0.2, -0.15) is 0 Å². The van der Waals surface area contributed by atoms with Crippen molar-refractivity contribution in [1.82, 2.24) is 5.32 Å². The zero-order chi connectivity index (χ0) is 12.8. The molecule has 6 nitrogen and oxygen atoms in total. The highest BCUT2D eigenvalue weighted by atomic mass is 31.2. The van der Waals surface area contributed by atoms with E-state index in [1.807, 2.05) is 0 Å². The number of amides is 1. The molecule has 0 aromatic rings. The van der Waals surface area contributed by atoms with Crippen molar-refractivity contribution < 1.29 is 23.5 Å². The summed E-state index contributed by atoms with van der Waals surface area (Å²) in [6, 6.07) is 0. The van der Waals surface area contributed by atoms with Gasteiger partial charge in [0, 0.05) is 13.7 Å². The first-order chi connectivity index (χ1) is 7.16. The largest absolute Gasteiger partial charge is 0.444 e. The molecular formula is C9H20NO5P. The first kappa shape index (κ1) is 15.4. The number of rotatable bonds is 5. The summed E-state index contributed by atoms with van der Waals surface area (Å²) in [5.41, 5.74) is -0.539. The van der Waals surface area contributed by atoms with E-state index in [9.17, 15) is 9.36 Å². The van der Waals surface area contributed by atoms with Crippen LogP contribution in [0.1, 0.15) is 27.2 Å². The fourth-order valence-electron chi connectivity index (χ4n) is 0.875. The summed E-state index contributed by atoms with van der Waals surface area (Å²) < 4.78 is 20.4. The van der Waals surface area contributed by atoms with Gasteiger partial charge in [-0.1, -0.05) is 0 Å². The molecular weight excluding hydrogens is 233 g/mol. The lowest BCUT2D eigenvalue weighted by Gasteiger charge is -2.19. The molecule has 1 amide bonds. The van der Waals surface area contributed by atoms with Gasteiger partial charge in [0.1, 0.15) is 5.60 Å². The molecule has 16 heavy (non-hydrogen) atoms. The summed E-state index contributed by atoms with van der Waals surface area (Å²) in [6.45, 7) is 5.57. The number of hydrogen-bond acceptors (Lipinski definition) is 4. The molecule has 2 N–H and O–H groups in total. The van der Waals surface area contributed by atoms with Crippen LogP contribution >= 0.6 is 7.60 Å². The Labute approximate surface area is 95.9 Å². The van der Waals surface area contributed by atoms with E-state index >= 15 is 0 Å². The molecule has 0 saturated carbocycles. The fourth-order valence-corrected chi connectivity index (χ4v) is 1.62. The third-order valence-electron chi connectivity index (χ3n) is 1.57. The maximum absolute atomic E-state index is 11.2. The Morgan fingerprint density at radius 1 is 1.44 bits per heavy atom. The Balaban J connectivity index is 3.68. The van der Waals surface area contributed by atoms with Crippen LogP contribution in [0.4, 0.5) is 4.79 Å². The van der Waals surface area contributed by atoms with Crippen LogP contribution in [0.3, 0.4) is 0 Å². The van der Waals surface area contributed by atoms with E-state index in [2.05, 4.69) is 9.84 Å². The van der Waals surface area contributed by atoms with Crippen LogP contribution in [0.15, 0.2) is 0 Å². The Kier molecular flexibility index (Phi) is 6.00. The fraction of sp³-hybridized carbons (Fsp3) is 0.889. The summed E-state index contributed by atoms with van der Waals surface area (Å²) in [6.07, 6.45) is -0.155. The molecule has 0 aromatic carbocycles. The molecule has 0 aromatic heterocycles. The molecule has 0 saturated heterocycles. The lowest BCUT2D eigenvalue weighted by molar-refractivity contribution is 0.0527. The third kappa shape index (κ3) is 8.71. The molecule has 0 radical (unpaired) electrons. The van der Waals surface area contributed by atoms with E-state index in [0.29, 0.717) is 6.42 Å². The lowest BCUT2D eigenvalue weighted by Crippen LogP contribution is -2.33. The van der Waals surface area contributed by atoms with Crippen LogP contribution < -0.4 is 5.32 Å². The minimum absolute atomic E-state index is 0.0132. The van der Waals surface area contributed by atoms with Gasteiger partial charge in [-0.05, 0) is 27.2 Å². The zero-order valence-electron chi connectivity index (χ0n) is 10.1. The van der Waals surface area contributed by atoms with Crippen molar-refractivity contribution in [2.45, 2.75) is 32.8 Å². The second-order valence-corrected chi connectivity index (χ2v) is 6.41. The summed E-state index contributed by atoms with van der Waals surface area (Å²) >= 11 is 0. The first-order valence-corrected chi connectivity index (χ1v) is 6.77. The van der Waals surface area contributed by atoms with E-state index in [-0.39, 0.29) is 12.7 Å². The Morgan fingerprint density at radius 3 is 2.44 bits per heavy atom. The molecule has 0 aliphatic heterocycles. The van der Waals surface area contributed by atoms with Gasteiger partial charge in [0.25, 0.3) is 0 Å². The highest BCUT2D eigenvalue weighted by Crippen LogP contribution is 2.40. The number of hydrogen-bond donors (Lipinski definition) is 2. The van der Waals surface area contributed by atoms with Crippen molar-refractivity contribution in [2.75, 3.05) is 19.8 Å². The van der Waals surface area contributed by atoms with Gasteiger partial charge in [0.2, 0.25) is 0 Å². The average Bonchev–Trinajstić information content (AvgIpc) is 2.10. The highest BCUT2D eigenvalue weighted by molar-refractivity contribution is 7.52. The van der Waals surface area contributed by atoms with Crippen molar-refractivity contribution in [3.63, 3.8) is 0 Å². The van der Waals surface area contributed by atoms with Crippen molar-refractivity contribution in [3.8, 4) is 0 Å². The van der Waals surface area contributed by atoms with E-state index in [1.54, 1.807) is 20.8 Å². The molecule has 0 aliphatic rings. The van der Waals surface area contributed by atoms with E-state index in [4.69, 9.17) is 9.63 Å². The standard InChI is InChI=1S/C9H20NO5P/c1-9(2,3)15-8(11)10-6-5-7-16(12,13)14-4/h5-7H2,1-4H3,(H,10,11)(H,12,13). The van der Waals surface area contributed by atoms with Crippen molar-refractivity contribution in [3.05, 3.63) is 0 Å². The SMILES string of the molecule is COP(=O)(O)CCCNC(=O)OC(C)(C)C. The van der Waals surface area contributed by atoms with Gasteiger partial charge in [0.15, 0.2) is 0 Å². The number of nitrogens with one attached hydrogen (secondary N) is 1. The maximum atomic E-state index is 11.2. The minimum atomic E-state index is -3.47. The normalized spacial score (nSPS) is 15.3. The second kappa shape index (κ2) is 6.23. The van der Waals surface area contributed by atoms with E-state index in [1.165, 1.54) is 7.11 Å². The van der Waals surface area contributed by atoms with Crippen LogP contribution in [-0.4, -0.2) is 36.4 Å². The van der Waals surface area contributed by atoms with Gasteiger partial charge in [-0.25, -0.2) is 4.79 Å². The second-order valence-electron chi connectivity index (χ2n) is 4.33. The predicted molar refractivity (Wildman–Crippen MR) is 60.6 cm³/mol. The van der Waals surface area contributed by atoms with Gasteiger partial charge < -0.3 is 19.5 Å². The monoisotopic (exact) mass is 253 g/mol. The summed E-state index contributed by atoms with van der Waals surface area (Å²) in [5.74, 6) is 0. The molecule has 7 heteroatoms. The molecule has 0 spiro atoms. The molecule has 0 heterocycles. The van der Waals surface area contributed by atoms with Gasteiger partial charge in [-0.15, -0.1) is 0 Å². The van der Waals surface area contributed by atoms with Crippen molar-refractivity contribution in [2.24, 2.45) is 0 Å². The van der Waals surface area contributed by atoms with Crippen molar-refractivity contribution in [1.29, 1.82) is 0 Å². The van der Waals surface area contributed by atoms with Crippen LogP contribution in [0.2, 0.25) is 0 Å². The summed E-state index contributed by atoms with van der Waals surface area (Å²) in [7, 11) is -2.28. The number of carbonyl (C=O) groups excluding carboxylic acids is 1. The van der Waals surface area contributed by atoms with E-state index in [0.717, 1.165) is 0 Å². The highest BCUT2D eigenvalue weighted by Gasteiger charge is 2.18. The lowest BCUT2D eigenvalue weighted by atomic mass is 10.2. The summed E-state index contributed by atoms with van der Waals surface area (Å²) in [4.78, 5) is 20.2. The minimum Gasteiger partial charge on any atom is -0.444 e. The maximum Gasteiger partial charge on any atom is 0.407 e. The van der Waals surface area contributed by atoms with Crippen LogP contribution in [0.5, 0.6) is 0 Å². The number of ether oxygens (including phenoxy) is 1. The molecule has 1 atom stereocenters. The molecule has 96 valence electrons. The zero-order valence-corrected chi connectivity index (χ0v) is 11.0. The first-order valence-electron chi connectivity index (χ1n) is 5.01. The Morgan fingerprint density at radius 2 is 2.00 bits per heavy atom.